The van der Waals surface area contributed by atoms with Gasteiger partial charge in [0.05, 0.1) is 25.0 Å². The van der Waals surface area contributed by atoms with E-state index in [2.05, 4.69) is 10.3 Å². The van der Waals surface area contributed by atoms with Gasteiger partial charge in [0.25, 0.3) is 0 Å². The summed E-state index contributed by atoms with van der Waals surface area (Å²) in [6.07, 6.45) is 0. The van der Waals surface area contributed by atoms with E-state index in [9.17, 15) is 14.0 Å². The molecule has 4 rings (SSSR count). The third kappa shape index (κ3) is 4.39. The zero-order valence-corrected chi connectivity index (χ0v) is 17.6. The first-order valence-corrected chi connectivity index (χ1v) is 10.2. The number of benzene rings is 2. The molecule has 1 amide bonds. The molecule has 1 aliphatic heterocycles. The Labute approximate surface area is 179 Å². The number of methoxy groups -OCH3 is 1. The van der Waals surface area contributed by atoms with Gasteiger partial charge in [-0.25, -0.2) is 9.18 Å². The molecule has 1 aliphatic rings. The number of carbonyl (C=O) groups excluding carboxylic acids is 2. The van der Waals surface area contributed by atoms with Crippen molar-refractivity contribution in [2.24, 2.45) is 0 Å². The normalized spacial score (nSPS) is 14.6. The number of carbonyl (C=O) groups is 2. The number of para-hydroxylation sites is 1. The molecule has 0 bridgehead atoms. The summed E-state index contributed by atoms with van der Waals surface area (Å²) < 4.78 is 18.9. The van der Waals surface area contributed by atoms with Crippen LogP contribution in [0.1, 0.15) is 16.1 Å². The van der Waals surface area contributed by atoms with Crippen molar-refractivity contribution in [2.75, 3.05) is 50.1 Å². The van der Waals surface area contributed by atoms with Gasteiger partial charge in [0.2, 0.25) is 5.91 Å². The SMILES string of the molecule is COC(=O)c1[nH]c2ccc(C)cc2c1NC(=O)CN1CCN(c2ccccc2F)CC1. The van der Waals surface area contributed by atoms with Crippen molar-refractivity contribution < 1.29 is 18.7 Å². The Balaban J connectivity index is 1.44. The number of fused-ring (bicyclic) bond motifs is 1. The number of amides is 1. The molecule has 0 radical (unpaired) electrons. The molecular formula is C23H25FN4O3. The molecule has 31 heavy (non-hydrogen) atoms. The Morgan fingerprint density at radius 3 is 2.58 bits per heavy atom. The van der Waals surface area contributed by atoms with E-state index in [1.54, 1.807) is 12.1 Å². The number of H-pyrrole nitrogens is 1. The molecule has 0 spiro atoms. The largest absolute Gasteiger partial charge is 0.464 e. The Hall–Kier alpha value is -3.39. The van der Waals surface area contributed by atoms with E-state index < -0.39 is 5.97 Å². The van der Waals surface area contributed by atoms with Gasteiger partial charge in [-0.2, -0.15) is 0 Å². The minimum atomic E-state index is -0.539. The molecule has 8 heteroatoms. The quantitative estimate of drug-likeness (QED) is 0.616. The maximum Gasteiger partial charge on any atom is 0.356 e. The molecule has 7 nitrogen and oxygen atoms in total. The lowest BCUT2D eigenvalue weighted by Crippen LogP contribution is -2.49. The van der Waals surface area contributed by atoms with Crippen LogP contribution < -0.4 is 10.2 Å². The highest BCUT2D eigenvalue weighted by molar-refractivity contribution is 6.11. The molecule has 2 heterocycles. The molecule has 0 aliphatic carbocycles. The Morgan fingerprint density at radius 1 is 1.13 bits per heavy atom. The summed E-state index contributed by atoms with van der Waals surface area (Å²) in [4.78, 5) is 32.0. The third-order valence-corrected chi connectivity index (χ3v) is 5.54. The first kappa shape index (κ1) is 20.9. The summed E-state index contributed by atoms with van der Waals surface area (Å²) in [6, 6.07) is 12.4. The Kier molecular flexibility index (Phi) is 5.90. The number of aryl methyl sites for hydroxylation is 1. The second-order valence-corrected chi connectivity index (χ2v) is 7.68. The number of rotatable bonds is 5. The molecule has 162 valence electrons. The smallest absolute Gasteiger partial charge is 0.356 e. The van der Waals surface area contributed by atoms with E-state index in [-0.39, 0.29) is 24.0 Å². The zero-order valence-electron chi connectivity index (χ0n) is 17.6. The molecule has 0 atom stereocenters. The van der Waals surface area contributed by atoms with E-state index in [0.717, 1.165) is 16.5 Å². The van der Waals surface area contributed by atoms with Crippen LogP contribution in [0.5, 0.6) is 0 Å². The molecule has 0 unspecified atom stereocenters. The molecule has 3 aromatic rings. The number of nitrogens with one attached hydrogen (secondary N) is 2. The molecule has 2 aromatic carbocycles. The van der Waals surface area contributed by atoms with Crippen LogP contribution in [0.2, 0.25) is 0 Å². The highest BCUT2D eigenvalue weighted by atomic mass is 19.1. The lowest BCUT2D eigenvalue weighted by molar-refractivity contribution is -0.117. The van der Waals surface area contributed by atoms with Crippen LogP contribution in [0.15, 0.2) is 42.5 Å². The standard InChI is InChI=1S/C23H25FN4O3/c1-15-7-8-18-16(13-15)21(22(25-18)23(30)31-2)26-20(29)14-27-9-11-28(12-10-27)19-6-4-3-5-17(19)24/h3-8,13,25H,9-12,14H2,1-2H3,(H,26,29). The van der Waals surface area contributed by atoms with Gasteiger partial charge in [-0.05, 0) is 31.2 Å². The average molecular weight is 424 g/mol. The van der Waals surface area contributed by atoms with Gasteiger partial charge in [0, 0.05) is 37.1 Å². The fraction of sp³-hybridized carbons (Fsp3) is 0.304. The highest BCUT2D eigenvalue weighted by Gasteiger charge is 2.24. The second-order valence-electron chi connectivity index (χ2n) is 7.68. The van der Waals surface area contributed by atoms with Gasteiger partial charge in [0.15, 0.2) is 0 Å². The van der Waals surface area contributed by atoms with E-state index in [4.69, 9.17) is 4.74 Å². The van der Waals surface area contributed by atoms with Gasteiger partial charge < -0.3 is 19.9 Å². The first-order valence-electron chi connectivity index (χ1n) is 10.2. The van der Waals surface area contributed by atoms with Crippen molar-refractivity contribution in [2.45, 2.75) is 6.92 Å². The number of hydrogen-bond donors (Lipinski definition) is 2. The van der Waals surface area contributed by atoms with Gasteiger partial charge in [-0.15, -0.1) is 0 Å². The fourth-order valence-corrected chi connectivity index (χ4v) is 3.93. The molecule has 1 aromatic heterocycles. The summed E-state index contributed by atoms with van der Waals surface area (Å²) in [7, 11) is 1.31. The van der Waals surface area contributed by atoms with Crippen LogP contribution in [0, 0.1) is 12.7 Å². The van der Waals surface area contributed by atoms with Crippen molar-refractivity contribution in [1.29, 1.82) is 0 Å². The van der Waals surface area contributed by atoms with Crippen LogP contribution in [0.3, 0.4) is 0 Å². The van der Waals surface area contributed by atoms with Crippen molar-refractivity contribution in [3.8, 4) is 0 Å². The topological polar surface area (TPSA) is 77.7 Å². The number of esters is 1. The van der Waals surface area contributed by atoms with Crippen LogP contribution in [-0.4, -0.2) is 61.6 Å². The van der Waals surface area contributed by atoms with E-state index in [0.29, 0.717) is 37.6 Å². The number of anilines is 2. The summed E-state index contributed by atoms with van der Waals surface area (Å²) in [5.74, 6) is -0.992. The van der Waals surface area contributed by atoms with Crippen LogP contribution in [-0.2, 0) is 9.53 Å². The number of piperazine rings is 1. The molecule has 0 saturated carbocycles. The van der Waals surface area contributed by atoms with Crippen LogP contribution >= 0.6 is 0 Å². The predicted octanol–water partition coefficient (Wildman–Crippen LogP) is 3.16. The maximum atomic E-state index is 14.0. The Morgan fingerprint density at radius 2 is 1.87 bits per heavy atom. The summed E-state index contributed by atoms with van der Waals surface area (Å²) in [5, 5.41) is 3.65. The number of aromatic nitrogens is 1. The molecule has 1 saturated heterocycles. The summed E-state index contributed by atoms with van der Waals surface area (Å²) >= 11 is 0. The average Bonchev–Trinajstić information content (AvgIpc) is 3.11. The number of ether oxygens (including phenoxy) is 1. The number of hydrogen-bond acceptors (Lipinski definition) is 5. The first-order chi connectivity index (χ1) is 15.0. The Bertz CT molecular complexity index is 1120. The van der Waals surface area contributed by atoms with E-state index >= 15 is 0 Å². The summed E-state index contributed by atoms with van der Waals surface area (Å²) in [6.45, 7) is 4.67. The molecule has 1 fully saturated rings. The van der Waals surface area contributed by atoms with Gasteiger partial charge in [-0.3, -0.25) is 9.69 Å². The minimum Gasteiger partial charge on any atom is -0.464 e. The van der Waals surface area contributed by atoms with Crippen molar-refractivity contribution in [3.05, 3.63) is 59.5 Å². The van der Waals surface area contributed by atoms with Gasteiger partial charge in [0.1, 0.15) is 11.5 Å². The predicted molar refractivity (Wildman–Crippen MR) is 118 cm³/mol. The second kappa shape index (κ2) is 8.77. The lowest BCUT2D eigenvalue weighted by atomic mass is 10.1. The van der Waals surface area contributed by atoms with Crippen LogP contribution in [0.25, 0.3) is 10.9 Å². The zero-order chi connectivity index (χ0) is 22.0. The van der Waals surface area contributed by atoms with Crippen molar-refractivity contribution in [1.82, 2.24) is 9.88 Å². The third-order valence-electron chi connectivity index (χ3n) is 5.54. The van der Waals surface area contributed by atoms with Crippen molar-refractivity contribution in [3.63, 3.8) is 0 Å². The monoisotopic (exact) mass is 424 g/mol. The van der Waals surface area contributed by atoms with Crippen molar-refractivity contribution >= 4 is 34.2 Å². The summed E-state index contributed by atoms with van der Waals surface area (Å²) in [5.41, 5.74) is 3.01. The molecule has 2 N–H and O–H groups in total. The fourth-order valence-electron chi connectivity index (χ4n) is 3.93. The highest BCUT2D eigenvalue weighted by Crippen LogP contribution is 2.29. The number of nitrogens with zero attached hydrogens (tertiary/aromatic N) is 2. The number of halogens is 1. The molecular weight excluding hydrogens is 399 g/mol. The lowest BCUT2D eigenvalue weighted by Gasteiger charge is -2.35. The van der Waals surface area contributed by atoms with Gasteiger partial charge >= 0.3 is 5.97 Å². The van der Waals surface area contributed by atoms with Crippen LogP contribution in [0.4, 0.5) is 15.8 Å². The van der Waals surface area contributed by atoms with Gasteiger partial charge in [-0.1, -0.05) is 23.8 Å². The maximum absolute atomic E-state index is 14.0. The van der Waals surface area contributed by atoms with E-state index in [1.807, 2.05) is 41.0 Å². The van der Waals surface area contributed by atoms with E-state index in [1.165, 1.54) is 13.2 Å². The number of aromatic amines is 1. The minimum absolute atomic E-state index is 0.185.